The second kappa shape index (κ2) is 4.06. The molecule has 4 rings (SSSR count). The maximum atomic E-state index is 5.86. The molecule has 0 spiro atoms. The minimum absolute atomic E-state index is 0.722. The van der Waals surface area contributed by atoms with Crippen molar-refractivity contribution in [1.29, 1.82) is 0 Å². The minimum atomic E-state index is 0.722. The fourth-order valence-electron chi connectivity index (χ4n) is 2.39. The Hall–Kier alpha value is -2.88. The van der Waals surface area contributed by atoms with Gasteiger partial charge in [-0.1, -0.05) is 18.2 Å². The molecule has 96 valence electrons. The van der Waals surface area contributed by atoms with E-state index >= 15 is 0 Å². The number of benzene rings is 2. The molecule has 0 fully saturated rings. The van der Waals surface area contributed by atoms with Gasteiger partial charge in [-0.3, -0.25) is 0 Å². The molecule has 0 unspecified atom stereocenters. The van der Waals surface area contributed by atoms with E-state index in [9.17, 15) is 0 Å². The summed E-state index contributed by atoms with van der Waals surface area (Å²) in [5.74, 6) is 0.796. The SMILES string of the molecule is Nc1ccc2cnn(-c3ccc4ccccc4n3)c2c1. The highest BCUT2D eigenvalue weighted by Crippen LogP contribution is 2.21. The minimum Gasteiger partial charge on any atom is -0.399 e. The highest BCUT2D eigenvalue weighted by molar-refractivity contribution is 5.84. The first-order chi connectivity index (χ1) is 9.81. The van der Waals surface area contributed by atoms with Crippen LogP contribution in [-0.4, -0.2) is 14.8 Å². The molecule has 4 aromatic rings. The molecule has 2 aromatic heterocycles. The number of para-hydroxylation sites is 1. The zero-order valence-electron chi connectivity index (χ0n) is 10.7. The fourth-order valence-corrected chi connectivity index (χ4v) is 2.39. The molecule has 0 saturated carbocycles. The van der Waals surface area contributed by atoms with E-state index in [0.717, 1.165) is 33.3 Å². The fraction of sp³-hybridized carbons (Fsp3) is 0. The number of rotatable bonds is 1. The Bertz CT molecular complexity index is 924. The Morgan fingerprint density at radius 1 is 0.900 bits per heavy atom. The van der Waals surface area contributed by atoms with E-state index in [-0.39, 0.29) is 0 Å². The van der Waals surface area contributed by atoms with Crippen molar-refractivity contribution in [2.45, 2.75) is 0 Å². The number of aromatic nitrogens is 3. The second-order valence-electron chi connectivity index (χ2n) is 4.74. The van der Waals surface area contributed by atoms with E-state index in [4.69, 9.17) is 5.73 Å². The van der Waals surface area contributed by atoms with Crippen LogP contribution in [0.2, 0.25) is 0 Å². The Morgan fingerprint density at radius 3 is 2.70 bits per heavy atom. The molecule has 0 aliphatic rings. The summed E-state index contributed by atoms with van der Waals surface area (Å²) in [7, 11) is 0. The average molecular weight is 260 g/mol. The normalized spacial score (nSPS) is 11.2. The van der Waals surface area contributed by atoms with Crippen molar-refractivity contribution in [2.75, 3.05) is 5.73 Å². The molecule has 4 nitrogen and oxygen atoms in total. The zero-order valence-corrected chi connectivity index (χ0v) is 10.7. The van der Waals surface area contributed by atoms with Crippen molar-refractivity contribution in [3.8, 4) is 5.82 Å². The summed E-state index contributed by atoms with van der Waals surface area (Å²) in [4.78, 5) is 4.66. The number of nitrogens with two attached hydrogens (primary N) is 1. The average Bonchev–Trinajstić information content (AvgIpc) is 2.89. The van der Waals surface area contributed by atoms with Gasteiger partial charge >= 0.3 is 0 Å². The van der Waals surface area contributed by atoms with E-state index in [1.54, 1.807) is 0 Å². The maximum absolute atomic E-state index is 5.86. The van der Waals surface area contributed by atoms with Gasteiger partial charge < -0.3 is 5.73 Å². The summed E-state index contributed by atoms with van der Waals surface area (Å²) in [6.45, 7) is 0. The number of hydrogen-bond acceptors (Lipinski definition) is 3. The number of hydrogen-bond donors (Lipinski definition) is 1. The maximum Gasteiger partial charge on any atom is 0.154 e. The van der Waals surface area contributed by atoms with Gasteiger partial charge in [0, 0.05) is 16.5 Å². The molecular formula is C16H12N4. The lowest BCUT2D eigenvalue weighted by atomic mass is 10.2. The predicted molar refractivity (Wildman–Crippen MR) is 80.8 cm³/mol. The molecule has 0 radical (unpaired) electrons. The van der Waals surface area contributed by atoms with Gasteiger partial charge in [0.2, 0.25) is 0 Å². The van der Waals surface area contributed by atoms with Crippen molar-refractivity contribution in [1.82, 2.24) is 14.8 Å². The van der Waals surface area contributed by atoms with E-state index in [1.807, 2.05) is 59.4 Å². The van der Waals surface area contributed by atoms with Crippen LogP contribution in [0.25, 0.3) is 27.6 Å². The van der Waals surface area contributed by atoms with Crippen molar-refractivity contribution < 1.29 is 0 Å². The van der Waals surface area contributed by atoms with Crippen LogP contribution in [0.1, 0.15) is 0 Å². The summed E-state index contributed by atoms with van der Waals surface area (Å²) in [6.07, 6.45) is 1.83. The van der Waals surface area contributed by atoms with Gasteiger partial charge in [-0.05, 0) is 36.4 Å². The van der Waals surface area contributed by atoms with Crippen LogP contribution in [0.5, 0.6) is 0 Å². The smallest absolute Gasteiger partial charge is 0.154 e. The monoisotopic (exact) mass is 260 g/mol. The lowest BCUT2D eigenvalue weighted by Crippen LogP contribution is -1.99. The lowest BCUT2D eigenvalue weighted by Gasteiger charge is -2.05. The summed E-state index contributed by atoms with van der Waals surface area (Å²) in [5.41, 5.74) is 8.50. The lowest BCUT2D eigenvalue weighted by molar-refractivity contribution is 0.881. The van der Waals surface area contributed by atoms with Crippen LogP contribution in [0.3, 0.4) is 0 Å². The summed E-state index contributed by atoms with van der Waals surface area (Å²) >= 11 is 0. The van der Waals surface area contributed by atoms with Gasteiger partial charge in [0.05, 0.1) is 17.2 Å². The van der Waals surface area contributed by atoms with E-state index in [0.29, 0.717) is 0 Å². The van der Waals surface area contributed by atoms with Crippen LogP contribution < -0.4 is 5.73 Å². The van der Waals surface area contributed by atoms with Crippen molar-refractivity contribution in [2.24, 2.45) is 0 Å². The summed E-state index contributed by atoms with van der Waals surface area (Å²) in [5, 5.41) is 6.58. The van der Waals surface area contributed by atoms with Gasteiger partial charge in [0.25, 0.3) is 0 Å². The quantitative estimate of drug-likeness (QED) is 0.535. The molecule has 0 atom stereocenters. The summed E-state index contributed by atoms with van der Waals surface area (Å²) < 4.78 is 1.82. The third kappa shape index (κ3) is 1.62. The topological polar surface area (TPSA) is 56.7 Å². The Balaban J connectivity index is 1.98. The van der Waals surface area contributed by atoms with Crippen molar-refractivity contribution >= 4 is 27.5 Å². The van der Waals surface area contributed by atoms with Gasteiger partial charge in [-0.25, -0.2) is 9.67 Å². The number of pyridine rings is 1. The van der Waals surface area contributed by atoms with Crippen molar-refractivity contribution in [3.05, 3.63) is 60.8 Å². The number of fused-ring (bicyclic) bond motifs is 2. The molecule has 2 N–H and O–H groups in total. The standard InChI is InChI=1S/C16H12N4/c17-13-7-5-12-10-18-20(15(12)9-13)16-8-6-11-3-1-2-4-14(11)19-16/h1-10H,17H2. The molecule has 20 heavy (non-hydrogen) atoms. The van der Waals surface area contributed by atoms with E-state index in [1.165, 1.54) is 0 Å². The van der Waals surface area contributed by atoms with Crippen LogP contribution in [0.15, 0.2) is 60.8 Å². The third-order valence-corrected chi connectivity index (χ3v) is 3.40. The Labute approximate surface area is 115 Å². The first-order valence-corrected chi connectivity index (χ1v) is 6.41. The van der Waals surface area contributed by atoms with E-state index in [2.05, 4.69) is 16.1 Å². The van der Waals surface area contributed by atoms with Crippen molar-refractivity contribution in [3.63, 3.8) is 0 Å². The third-order valence-electron chi connectivity index (χ3n) is 3.40. The second-order valence-corrected chi connectivity index (χ2v) is 4.74. The zero-order chi connectivity index (χ0) is 13.5. The molecular weight excluding hydrogens is 248 g/mol. The first kappa shape index (κ1) is 11.0. The Kier molecular flexibility index (Phi) is 2.23. The Morgan fingerprint density at radius 2 is 1.75 bits per heavy atom. The van der Waals surface area contributed by atoms with Gasteiger partial charge in [0.1, 0.15) is 0 Å². The molecule has 0 aliphatic carbocycles. The first-order valence-electron chi connectivity index (χ1n) is 6.41. The number of nitrogen functional groups attached to an aromatic ring is 1. The van der Waals surface area contributed by atoms with Crippen LogP contribution in [0, 0.1) is 0 Å². The van der Waals surface area contributed by atoms with Gasteiger partial charge in [-0.15, -0.1) is 0 Å². The predicted octanol–water partition coefficient (Wildman–Crippen LogP) is 3.16. The van der Waals surface area contributed by atoms with Crippen LogP contribution in [-0.2, 0) is 0 Å². The molecule has 0 amide bonds. The molecule has 0 bridgehead atoms. The molecule has 0 aliphatic heterocycles. The van der Waals surface area contributed by atoms with Crippen LogP contribution in [0.4, 0.5) is 5.69 Å². The van der Waals surface area contributed by atoms with Crippen LogP contribution >= 0.6 is 0 Å². The highest BCUT2D eigenvalue weighted by Gasteiger charge is 2.07. The van der Waals surface area contributed by atoms with E-state index < -0.39 is 0 Å². The highest BCUT2D eigenvalue weighted by atomic mass is 15.3. The molecule has 2 heterocycles. The molecule has 4 heteroatoms. The number of anilines is 1. The molecule has 0 saturated heterocycles. The van der Waals surface area contributed by atoms with Gasteiger partial charge in [0.15, 0.2) is 5.82 Å². The summed E-state index contributed by atoms with van der Waals surface area (Å²) in [6, 6.07) is 17.8. The van der Waals surface area contributed by atoms with Gasteiger partial charge in [-0.2, -0.15) is 5.10 Å². The number of nitrogens with zero attached hydrogens (tertiary/aromatic N) is 3. The largest absolute Gasteiger partial charge is 0.399 e. The molecule has 2 aromatic carbocycles.